The Morgan fingerprint density at radius 3 is 2.33 bits per heavy atom. The molecule has 0 atom stereocenters. The van der Waals surface area contributed by atoms with E-state index in [2.05, 4.69) is 28.9 Å². The van der Waals surface area contributed by atoms with Gasteiger partial charge in [0, 0.05) is 63.5 Å². The molecule has 3 heterocycles. The van der Waals surface area contributed by atoms with Crippen LogP contribution in [0.3, 0.4) is 0 Å². The molecule has 1 saturated heterocycles. The maximum atomic E-state index is 13.0. The smallest absolute Gasteiger partial charge is 0.254 e. The second kappa shape index (κ2) is 13.3. The summed E-state index contributed by atoms with van der Waals surface area (Å²) in [5.41, 5.74) is 5.49. The van der Waals surface area contributed by atoms with Gasteiger partial charge in [0.25, 0.3) is 5.91 Å². The lowest BCUT2D eigenvalue weighted by Crippen LogP contribution is -2.52. The number of aryl methyl sites for hydroxylation is 2. The third kappa shape index (κ3) is 6.64. The van der Waals surface area contributed by atoms with Crippen LogP contribution in [0.4, 0.5) is 5.95 Å². The first kappa shape index (κ1) is 28.1. The van der Waals surface area contributed by atoms with E-state index in [-0.39, 0.29) is 5.91 Å². The summed E-state index contributed by atoms with van der Waals surface area (Å²) in [5.74, 6) is 1.92. The van der Waals surface area contributed by atoms with E-state index in [9.17, 15) is 4.79 Å². The minimum atomic E-state index is 0.126. The summed E-state index contributed by atoms with van der Waals surface area (Å²) in [6, 6.07) is 16.8. The largest absolute Gasteiger partial charge is 0.497 e. The zero-order chi connectivity index (χ0) is 27.9. The Labute approximate surface area is 239 Å². The number of methoxy groups -OCH3 is 1. The molecule has 0 bridgehead atoms. The summed E-state index contributed by atoms with van der Waals surface area (Å²) in [5, 5.41) is 0. The maximum absolute atomic E-state index is 13.0. The molecule has 1 saturated carbocycles. The number of ether oxygens (including phenoxy) is 1. The molecule has 2 aliphatic heterocycles. The molecule has 40 heavy (non-hydrogen) atoms. The van der Waals surface area contributed by atoms with Crippen molar-refractivity contribution in [2.45, 2.75) is 58.4 Å². The van der Waals surface area contributed by atoms with Crippen LogP contribution in [0.25, 0.3) is 0 Å². The number of aromatic nitrogens is 2. The molecule has 2 aromatic carbocycles. The molecular weight excluding hydrogens is 498 g/mol. The molecule has 3 aromatic rings. The van der Waals surface area contributed by atoms with Crippen LogP contribution < -0.4 is 9.64 Å². The van der Waals surface area contributed by atoms with Crippen molar-refractivity contribution in [3.05, 3.63) is 82.7 Å². The Morgan fingerprint density at radius 1 is 0.950 bits per heavy atom. The summed E-state index contributed by atoms with van der Waals surface area (Å²) in [4.78, 5) is 29.6. The van der Waals surface area contributed by atoms with E-state index in [4.69, 9.17) is 14.7 Å². The number of hydrogen-bond donors (Lipinski definition) is 0. The van der Waals surface area contributed by atoms with Crippen molar-refractivity contribution in [3.63, 3.8) is 0 Å². The molecule has 3 aliphatic rings. The highest BCUT2D eigenvalue weighted by Gasteiger charge is 2.29. The molecule has 0 N–H and O–H groups in total. The van der Waals surface area contributed by atoms with Crippen molar-refractivity contribution in [1.29, 1.82) is 0 Å². The monoisotopic (exact) mass is 541 g/mol. The standard InChI is InChI=1S/C24H31N5O.C9H12O/c1-18-5-2-3-8-21(18)23(30)28-11-9-19-17-25-24(26-22(19)10-12-28)29-15-13-27(14-16-29)20-6-4-7-20;1-3-8-4-6-9(10-2)7-5-8/h2-3,5,8,17,20H,4,6-7,9-16H2,1H3;4-7H,3H2,1-2H3. The van der Waals surface area contributed by atoms with Gasteiger partial charge in [-0.1, -0.05) is 43.7 Å². The summed E-state index contributed by atoms with van der Waals surface area (Å²) in [6.45, 7) is 9.83. The van der Waals surface area contributed by atoms with E-state index in [1.54, 1.807) is 7.11 Å². The Balaban J connectivity index is 0.000000274. The van der Waals surface area contributed by atoms with E-state index in [0.717, 1.165) is 86.5 Å². The van der Waals surface area contributed by atoms with E-state index in [0.29, 0.717) is 6.54 Å². The van der Waals surface area contributed by atoms with E-state index in [1.165, 1.54) is 30.4 Å². The van der Waals surface area contributed by atoms with Crippen LogP contribution in [-0.2, 0) is 19.3 Å². The number of nitrogens with zero attached hydrogens (tertiary/aromatic N) is 5. The fourth-order valence-electron chi connectivity index (χ4n) is 5.70. The van der Waals surface area contributed by atoms with Gasteiger partial charge in [-0.15, -0.1) is 0 Å². The normalized spacial score (nSPS) is 17.7. The van der Waals surface area contributed by atoms with Gasteiger partial charge in [-0.3, -0.25) is 9.69 Å². The number of amides is 1. The van der Waals surface area contributed by atoms with Crippen LogP contribution in [0, 0.1) is 6.92 Å². The van der Waals surface area contributed by atoms with Crippen molar-refractivity contribution < 1.29 is 9.53 Å². The lowest BCUT2D eigenvalue weighted by molar-refractivity contribution is 0.0762. The topological polar surface area (TPSA) is 61.8 Å². The van der Waals surface area contributed by atoms with E-state index < -0.39 is 0 Å². The number of hydrogen-bond acceptors (Lipinski definition) is 6. The highest BCUT2D eigenvalue weighted by atomic mass is 16.5. The highest BCUT2D eigenvalue weighted by Crippen LogP contribution is 2.26. The van der Waals surface area contributed by atoms with Crippen LogP contribution in [-0.4, -0.2) is 78.1 Å². The third-order valence-corrected chi connectivity index (χ3v) is 8.63. The molecule has 6 rings (SSSR count). The highest BCUT2D eigenvalue weighted by molar-refractivity contribution is 5.95. The fraction of sp³-hybridized carbons (Fsp3) is 0.485. The lowest BCUT2D eigenvalue weighted by atomic mass is 9.91. The first-order valence-electron chi connectivity index (χ1n) is 14.9. The first-order chi connectivity index (χ1) is 19.6. The minimum Gasteiger partial charge on any atom is -0.497 e. The van der Waals surface area contributed by atoms with Gasteiger partial charge in [0.05, 0.1) is 12.8 Å². The summed E-state index contributed by atoms with van der Waals surface area (Å²) in [7, 11) is 1.68. The van der Waals surface area contributed by atoms with Gasteiger partial charge in [0.15, 0.2) is 0 Å². The van der Waals surface area contributed by atoms with Crippen LogP contribution in [0.1, 0.15) is 58.9 Å². The number of anilines is 1. The molecule has 1 amide bonds. The SMILES string of the molecule is CCc1ccc(OC)cc1.Cc1ccccc1C(=O)N1CCc2cnc(N3CCN(C4CCC4)CC3)nc2CC1. The molecular formula is C33H43N5O2. The molecule has 2 fully saturated rings. The zero-order valence-corrected chi connectivity index (χ0v) is 24.3. The van der Waals surface area contributed by atoms with Crippen LogP contribution in [0.15, 0.2) is 54.7 Å². The Morgan fingerprint density at radius 2 is 1.68 bits per heavy atom. The maximum Gasteiger partial charge on any atom is 0.254 e. The Hall–Kier alpha value is -3.45. The average Bonchev–Trinajstić information content (AvgIpc) is 3.19. The van der Waals surface area contributed by atoms with E-state index in [1.807, 2.05) is 54.4 Å². The third-order valence-electron chi connectivity index (χ3n) is 8.63. The number of piperazine rings is 1. The average molecular weight is 542 g/mol. The zero-order valence-electron chi connectivity index (χ0n) is 24.3. The van der Waals surface area contributed by atoms with Gasteiger partial charge in [-0.25, -0.2) is 9.97 Å². The Bertz CT molecular complexity index is 1240. The van der Waals surface area contributed by atoms with Crippen molar-refractivity contribution in [3.8, 4) is 5.75 Å². The first-order valence-corrected chi connectivity index (χ1v) is 14.9. The molecule has 1 aliphatic carbocycles. The molecule has 1 aromatic heterocycles. The van der Waals surface area contributed by atoms with Crippen LogP contribution >= 0.6 is 0 Å². The molecule has 0 radical (unpaired) electrons. The number of benzene rings is 2. The lowest BCUT2D eigenvalue weighted by Gasteiger charge is -2.43. The predicted octanol–water partition coefficient (Wildman–Crippen LogP) is 4.96. The van der Waals surface area contributed by atoms with Crippen LogP contribution in [0.5, 0.6) is 5.75 Å². The van der Waals surface area contributed by atoms with Gasteiger partial charge >= 0.3 is 0 Å². The predicted molar refractivity (Wildman–Crippen MR) is 160 cm³/mol. The van der Waals surface area contributed by atoms with Gasteiger partial charge < -0.3 is 14.5 Å². The number of carbonyl (C=O) groups excluding carboxylic acids is 1. The summed E-state index contributed by atoms with van der Waals surface area (Å²) >= 11 is 0. The summed E-state index contributed by atoms with van der Waals surface area (Å²) < 4.78 is 5.01. The fourth-order valence-corrected chi connectivity index (χ4v) is 5.70. The van der Waals surface area contributed by atoms with Gasteiger partial charge in [-0.2, -0.15) is 0 Å². The summed E-state index contributed by atoms with van der Waals surface area (Å²) in [6.07, 6.45) is 8.83. The number of rotatable bonds is 5. The quantitative estimate of drug-likeness (QED) is 0.455. The van der Waals surface area contributed by atoms with Gasteiger partial charge in [-0.05, 0) is 67.5 Å². The Kier molecular flexibility index (Phi) is 9.32. The van der Waals surface area contributed by atoms with Crippen molar-refractivity contribution in [2.75, 3.05) is 51.3 Å². The van der Waals surface area contributed by atoms with Crippen LogP contribution in [0.2, 0.25) is 0 Å². The second-order valence-electron chi connectivity index (χ2n) is 11.1. The molecule has 212 valence electrons. The van der Waals surface area contributed by atoms with Crippen molar-refractivity contribution in [2.24, 2.45) is 0 Å². The molecule has 0 unspecified atom stereocenters. The van der Waals surface area contributed by atoms with Crippen molar-refractivity contribution in [1.82, 2.24) is 19.8 Å². The second-order valence-corrected chi connectivity index (χ2v) is 11.1. The molecule has 0 spiro atoms. The minimum absolute atomic E-state index is 0.126. The number of fused-ring (bicyclic) bond motifs is 1. The molecule has 7 nitrogen and oxygen atoms in total. The van der Waals surface area contributed by atoms with Gasteiger partial charge in [0.1, 0.15) is 5.75 Å². The van der Waals surface area contributed by atoms with Gasteiger partial charge in [0.2, 0.25) is 5.95 Å². The number of carbonyl (C=O) groups is 1. The van der Waals surface area contributed by atoms with E-state index >= 15 is 0 Å². The molecule has 7 heteroatoms. The van der Waals surface area contributed by atoms with Crippen molar-refractivity contribution >= 4 is 11.9 Å².